The molecule has 2 aliphatic rings. The second kappa shape index (κ2) is 6.90. The Bertz CT molecular complexity index is 751. The van der Waals surface area contributed by atoms with Gasteiger partial charge >= 0.3 is 0 Å². The van der Waals surface area contributed by atoms with Gasteiger partial charge in [0.15, 0.2) is 0 Å². The zero-order valence-corrected chi connectivity index (χ0v) is 15.2. The van der Waals surface area contributed by atoms with E-state index in [2.05, 4.69) is 0 Å². The van der Waals surface area contributed by atoms with Crippen molar-refractivity contribution in [2.75, 3.05) is 37.4 Å². The van der Waals surface area contributed by atoms with Crippen molar-refractivity contribution in [3.8, 4) is 5.75 Å². The highest BCUT2D eigenvalue weighted by Gasteiger charge is 2.31. The minimum Gasteiger partial charge on any atom is -0.495 e. The third-order valence-corrected chi connectivity index (χ3v) is 6.88. The maximum Gasteiger partial charge on any atom is 0.228 e. The van der Waals surface area contributed by atoms with Crippen LogP contribution in [0.3, 0.4) is 0 Å². The molecule has 0 saturated carbocycles. The Labute approximate surface area is 147 Å². The Morgan fingerprint density at radius 3 is 2.75 bits per heavy atom. The number of nitrogens with zero attached hydrogens (tertiary/aromatic N) is 2. The summed E-state index contributed by atoms with van der Waals surface area (Å²) in [6, 6.07) is 3.54. The highest BCUT2D eigenvalue weighted by molar-refractivity contribution is 7.89. The molecule has 1 saturated heterocycles. The van der Waals surface area contributed by atoms with E-state index < -0.39 is 10.0 Å². The van der Waals surface area contributed by atoms with Gasteiger partial charge in [0.1, 0.15) is 5.75 Å². The van der Waals surface area contributed by atoms with E-state index >= 15 is 0 Å². The fourth-order valence-electron chi connectivity index (χ4n) is 3.36. The summed E-state index contributed by atoms with van der Waals surface area (Å²) in [5.41, 5.74) is 1.65. The van der Waals surface area contributed by atoms with E-state index in [1.165, 1.54) is 4.31 Å². The Morgan fingerprint density at radius 1 is 1.29 bits per heavy atom. The molecule has 0 aromatic heterocycles. The molecule has 1 aromatic carbocycles. The van der Waals surface area contributed by atoms with E-state index in [9.17, 15) is 13.2 Å². The lowest BCUT2D eigenvalue weighted by Crippen LogP contribution is -2.38. The molecule has 0 atom stereocenters. The number of carbonyl (C=O) groups is 1. The van der Waals surface area contributed by atoms with Gasteiger partial charge in [-0.2, -0.15) is 0 Å². The number of anilines is 1. The fraction of sp³-hybridized carbons (Fsp3) is 0.562. The lowest BCUT2D eigenvalue weighted by molar-refractivity contribution is -0.118. The minimum absolute atomic E-state index is 0.0985. The first-order valence-electron chi connectivity index (χ1n) is 8.07. The smallest absolute Gasteiger partial charge is 0.228 e. The molecule has 0 aliphatic carbocycles. The van der Waals surface area contributed by atoms with Gasteiger partial charge in [0.25, 0.3) is 0 Å². The summed E-state index contributed by atoms with van der Waals surface area (Å²) in [7, 11) is -1.61. The molecule has 1 aromatic rings. The topological polar surface area (TPSA) is 66.9 Å². The molecule has 24 heavy (non-hydrogen) atoms. The molecule has 2 aliphatic heterocycles. The largest absolute Gasteiger partial charge is 0.495 e. The summed E-state index contributed by atoms with van der Waals surface area (Å²) in [6.45, 7) is 1.33. The van der Waals surface area contributed by atoms with Crippen molar-refractivity contribution in [2.45, 2.75) is 25.7 Å². The van der Waals surface area contributed by atoms with Gasteiger partial charge in [0.2, 0.25) is 15.9 Å². The Morgan fingerprint density at radius 2 is 2.08 bits per heavy atom. The third-order valence-electron chi connectivity index (χ3n) is 4.57. The maximum absolute atomic E-state index is 12.7. The molecular formula is C16H21ClN2O4S. The van der Waals surface area contributed by atoms with Crippen LogP contribution in [0, 0.1) is 0 Å². The van der Waals surface area contributed by atoms with Gasteiger partial charge in [-0.1, -0.05) is 11.6 Å². The van der Waals surface area contributed by atoms with Crippen LogP contribution in [0.15, 0.2) is 12.1 Å². The molecule has 132 valence electrons. The zero-order valence-electron chi connectivity index (χ0n) is 13.6. The minimum atomic E-state index is -3.18. The Hall–Kier alpha value is -1.31. The van der Waals surface area contributed by atoms with Gasteiger partial charge in [0, 0.05) is 31.1 Å². The van der Waals surface area contributed by atoms with Crippen molar-refractivity contribution >= 4 is 33.2 Å². The number of amides is 1. The quantitative estimate of drug-likeness (QED) is 0.811. The molecule has 2 heterocycles. The Balaban J connectivity index is 1.79. The summed E-state index contributed by atoms with van der Waals surface area (Å²) >= 11 is 6.28. The summed E-state index contributed by atoms with van der Waals surface area (Å²) in [4.78, 5) is 14.4. The van der Waals surface area contributed by atoms with Gasteiger partial charge in [-0.25, -0.2) is 12.7 Å². The van der Waals surface area contributed by atoms with Crippen LogP contribution in [0.25, 0.3) is 0 Å². The number of fused-ring (bicyclic) bond motifs is 1. The molecule has 8 heteroatoms. The standard InChI is InChI=1S/C16H21ClN2O4S/c1-23-14-6-5-13(17)12-4-2-9-19(16(12)14)15(20)7-10-18-8-3-11-24(18,21)22/h5-6H,2-4,7-11H2,1H3. The second-order valence-corrected chi connectivity index (χ2v) is 8.54. The van der Waals surface area contributed by atoms with Gasteiger partial charge in [0.05, 0.1) is 18.6 Å². The number of rotatable bonds is 4. The number of ether oxygens (including phenoxy) is 1. The first-order chi connectivity index (χ1) is 11.4. The van der Waals surface area contributed by atoms with Crippen LogP contribution >= 0.6 is 11.6 Å². The summed E-state index contributed by atoms with van der Waals surface area (Å²) in [5.74, 6) is 0.701. The van der Waals surface area contributed by atoms with Crippen molar-refractivity contribution in [1.82, 2.24) is 4.31 Å². The van der Waals surface area contributed by atoms with E-state index in [1.54, 1.807) is 24.1 Å². The van der Waals surface area contributed by atoms with Crippen LogP contribution in [0.4, 0.5) is 5.69 Å². The van der Waals surface area contributed by atoms with E-state index in [4.69, 9.17) is 16.3 Å². The van der Waals surface area contributed by atoms with E-state index in [0.29, 0.717) is 30.3 Å². The molecule has 0 unspecified atom stereocenters. The highest BCUT2D eigenvalue weighted by atomic mass is 35.5. The average Bonchev–Trinajstić information content (AvgIpc) is 2.91. The molecule has 1 amide bonds. The molecule has 0 spiro atoms. The van der Waals surface area contributed by atoms with Crippen molar-refractivity contribution in [1.29, 1.82) is 0 Å². The number of benzene rings is 1. The number of methoxy groups -OCH3 is 1. The maximum atomic E-state index is 12.7. The summed E-state index contributed by atoms with van der Waals surface area (Å²) < 4.78 is 30.5. The monoisotopic (exact) mass is 372 g/mol. The number of sulfonamides is 1. The third kappa shape index (κ3) is 3.25. The SMILES string of the molecule is COc1ccc(Cl)c2c1N(C(=O)CCN1CCCS1(=O)=O)CCC2. The first-order valence-corrected chi connectivity index (χ1v) is 10.1. The number of halogens is 1. The fourth-order valence-corrected chi connectivity index (χ4v) is 5.14. The molecule has 3 rings (SSSR count). The molecule has 0 N–H and O–H groups in total. The lowest BCUT2D eigenvalue weighted by Gasteiger charge is -2.32. The van der Waals surface area contributed by atoms with Crippen molar-refractivity contribution < 1.29 is 17.9 Å². The van der Waals surface area contributed by atoms with Crippen LogP contribution in [-0.4, -0.2) is 51.1 Å². The predicted molar refractivity (Wildman–Crippen MR) is 93.3 cm³/mol. The normalized spacial score (nSPS) is 20.0. The van der Waals surface area contributed by atoms with E-state index in [0.717, 1.165) is 24.1 Å². The van der Waals surface area contributed by atoms with Crippen LogP contribution in [0.5, 0.6) is 5.75 Å². The molecule has 1 fully saturated rings. The van der Waals surface area contributed by atoms with Crippen LogP contribution in [0.2, 0.25) is 5.02 Å². The van der Waals surface area contributed by atoms with Crippen LogP contribution in [0.1, 0.15) is 24.8 Å². The zero-order chi connectivity index (χ0) is 17.3. The van der Waals surface area contributed by atoms with Gasteiger partial charge < -0.3 is 9.64 Å². The Kier molecular flexibility index (Phi) is 5.03. The van der Waals surface area contributed by atoms with Crippen molar-refractivity contribution in [3.63, 3.8) is 0 Å². The molecule has 0 bridgehead atoms. The van der Waals surface area contributed by atoms with E-state index in [-0.39, 0.29) is 24.6 Å². The average molecular weight is 373 g/mol. The highest BCUT2D eigenvalue weighted by Crippen LogP contribution is 2.40. The predicted octanol–water partition coefficient (Wildman–Crippen LogP) is 2.05. The molecular weight excluding hydrogens is 352 g/mol. The van der Waals surface area contributed by atoms with Gasteiger partial charge in [-0.15, -0.1) is 0 Å². The van der Waals surface area contributed by atoms with Crippen molar-refractivity contribution in [2.24, 2.45) is 0 Å². The first kappa shape index (κ1) is 17.5. The molecule has 6 nitrogen and oxygen atoms in total. The summed E-state index contributed by atoms with van der Waals surface area (Å²) in [6.07, 6.45) is 2.42. The number of carbonyl (C=O) groups excluding carboxylic acids is 1. The second-order valence-electron chi connectivity index (χ2n) is 6.04. The van der Waals surface area contributed by atoms with Crippen LogP contribution < -0.4 is 9.64 Å². The lowest BCUT2D eigenvalue weighted by atomic mass is 10.0. The number of hydrogen-bond acceptors (Lipinski definition) is 4. The molecule has 0 radical (unpaired) electrons. The van der Waals surface area contributed by atoms with E-state index in [1.807, 2.05) is 0 Å². The summed E-state index contributed by atoms with van der Waals surface area (Å²) in [5, 5.41) is 0.630. The number of hydrogen-bond donors (Lipinski definition) is 0. The van der Waals surface area contributed by atoms with Crippen molar-refractivity contribution in [3.05, 3.63) is 22.7 Å². The van der Waals surface area contributed by atoms with Crippen LogP contribution in [-0.2, 0) is 21.2 Å². The van der Waals surface area contributed by atoms with Gasteiger partial charge in [-0.05, 0) is 37.0 Å². The van der Waals surface area contributed by atoms with Gasteiger partial charge in [-0.3, -0.25) is 4.79 Å².